The minimum atomic E-state index is -0.827. The number of nitrogens with two attached hydrogens (primary N) is 1. The fourth-order valence-corrected chi connectivity index (χ4v) is 3.85. The van der Waals surface area contributed by atoms with Crippen LogP contribution in [0.3, 0.4) is 0 Å². The number of amides is 1. The molecular formula is C33H56N2O11. The van der Waals surface area contributed by atoms with Gasteiger partial charge in [0.25, 0.3) is 0 Å². The number of hydrogen-bond acceptors (Lipinski definition) is 12. The van der Waals surface area contributed by atoms with Gasteiger partial charge in [-0.15, -0.1) is 0 Å². The van der Waals surface area contributed by atoms with E-state index in [1.54, 1.807) is 0 Å². The van der Waals surface area contributed by atoms with Crippen molar-refractivity contribution in [2.75, 3.05) is 85.8 Å². The predicted octanol–water partition coefficient (Wildman–Crippen LogP) is 2.57. The molecule has 0 aromatic heterocycles. The van der Waals surface area contributed by atoms with E-state index in [0.29, 0.717) is 105 Å². The first-order chi connectivity index (χ1) is 22.2. The number of unbranched alkanes of at least 4 members (excludes halogenated alkanes) is 2. The minimum Gasteiger partial charge on any atom is -0.460 e. The predicted molar refractivity (Wildman–Crippen MR) is 171 cm³/mol. The van der Waals surface area contributed by atoms with E-state index in [-0.39, 0.29) is 25.8 Å². The molecule has 1 aromatic carbocycles. The van der Waals surface area contributed by atoms with Crippen LogP contribution in [0.5, 0.6) is 0 Å². The zero-order valence-electron chi connectivity index (χ0n) is 28.0. The lowest BCUT2D eigenvalue weighted by atomic mass is 10.1. The Kier molecular flexibility index (Phi) is 24.7. The number of ether oxygens (including phenoxy) is 8. The van der Waals surface area contributed by atoms with Crippen LogP contribution in [-0.2, 0) is 58.9 Å². The topological polar surface area (TPSA) is 163 Å². The highest BCUT2D eigenvalue weighted by Crippen LogP contribution is 2.13. The van der Waals surface area contributed by atoms with Crippen LogP contribution in [0.25, 0.3) is 0 Å². The van der Waals surface area contributed by atoms with Crippen molar-refractivity contribution < 1.29 is 52.3 Å². The summed E-state index contributed by atoms with van der Waals surface area (Å²) in [5, 5.41) is 2.72. The number of rotatable bonds is 29. The van der Waals surface area contributed by atoms with Crippen molar-refractivity contribution >= 4 is 17.8 Å². The Hall–Kier alpha value is -2.65. The molecule has 264 valence electrons. The van der Waals surface area contributed by atoms with Crippen LogP contribution in [0.4, 0.5) is 0 Å². The van der Waals surface area contributed by atoms with Crippen LogP contribution < -0.4 is 11.1 Å². The maximum atomic E-state index is 12.8. The van der Waals surface area contributed by atoms with Gasteiger partial charge in [-0.25, -0.2) is 4.79 Å². The highest BCUT2D eigenvalue weighted by Gasteiger charge is 2.22. The van der Waals surface area contributed by atoms with E-state index in [9.17, 15) is 14.4 Å². The summed E-state index contributed by atoms with van der Waals surface area (Å²) in [6, 6.07) is 8.49. The molecule has 13 nitrogen and oxygen atoms in total. The number of hydrogen-bond donors (Lipinski definition) is 2. The number of nitrogens with one attached hydrogen (secondary N) is 1. The summed E-state index contributed by atoms with van der Waals surface area (Å²) in [7, 11) is 0. The summed E-state index contributed by atoms with van der Waals surface area (Å²) >= 11 is 0. The van der Waals surface area contributed by atoms with Crippen molar-refractivity contribution in [2.24, 2.45) is 5.73 Å². The van der Waals surface area contributed by atoms with Gasteiger partial charge in [-0.3, -0.25) is 9.59 Å². The Morgan fingerprint density at radius 2 is 1.24 bits per heavy atom. The highest BCUT2D eigenvalue weighted by atomic mass is 16.6. The lowest BCUT2D eigenvalue weighted by Crippen LogP contribution is -2.43. The van der Waals surface area contributed by atoms with Crippen LogP contribution in [0.2, 0.25) is 0 Å². The Morgan fingerprint density at radius 1 is 0.717 bits per heavy atom. The van der Waals surface area contributed by atoms with Crippen LogP contribution in [0, 0.1) is 0 Å². The van der Waals surface area contributed by atoms with Gasteiger partial charge >= 0.3 is 11.9 Å². The lowest BCUT2D eigenvalue weighted by Gasteiger charge is -2.19. The first-order valence-corrected chi connectivity index (χ1v) is 16.1. The van der Waals surface area contributed by atoms with Gasteiger partial charge in [0, 0.05) is 13.0 Å². The first-order valence-electron chi connectivity index (χ1n) is 16.1. The van der Waals surface area contributed by atoms with Gasteiger partial charge in [0.15, 0.2) is 0 Å². The maximum absolute atomic E-state index is 12.8. The molecular weight excluding hydrogens is 600 g/mol. The molecule has 1 atom stereocenters. The second kappa shape index (κ2) is 27.5. The molecule has 0 heterocycles. The van der Waals surface area contributed by atoms with E-state index in [2.05, 4.69) is 5.32 Å². The van der Waals surface area contributed by atoms with Crippen molar-refractivity contribution in [1.82, 2.24) is 5.32 Å². The molecule has 0 saturated carbocycles. The van der Waals surface area contributed by atoms with Crippen molar-refractivity contribution in [3.05, 3.63) is 35.9 Å². The SMILES string of the molecule is CC(C)(C)OC(=O)CCCCC[C@H](NC(=O)COCCOCCOCCOCCOCCOCCN)C(=O)OCc1ccccc1. The first kappa shape index (κ1) is 41.4. The average molecular weight is 657 g/mol. The summed E-state index contributed by atoms with van der Waals surface area (Å²) in [5.41, 5.74) is 5.66. The van der Waals surface area contributed by atoms with Crippen molar-refractivity contribution in [3.8, 4) is 0 Å². The number of carbonyl (C=O) groups is 3. The van der Waals surface area contributed by atoms with Crippen LogP contribution >= 0.6 is 0 Å². The van der Waals surface area contributed by atoms with Gasteiger partial charge in [0.1, 0.15) is 24.9 Å². The number of esters is 2. The quantitative estimate of drug-likeness (QED) is 0.0959. The summed E-state index contributed by atoms with van der Waals surface area (Å²) in [5.74, 6) is -1.20. The molecule has 0 bridgehead atoms. The molecule has 0 unspecified atom stereocenters. The smallest absolute Gasteiger partial charge is 0.328 e. The Balaban J connectivity index is 2.18. The normalized spacial score (nSPS) is 12.1. The zero-order valence-corrected chi connectivity index (χ0v) is 28.0. The van der Waals surface area contributed by atoms with Gasteiger partial charge < -0.3 is 48.9 Å². The second-order valence-electron chi connectivity index (χ2n) is 11.3. The lowest BCUT2D eigenvalue weighted by molar-refractivity contribution is -0.155. The van der Waals surface area contributed by atoms with Crippen molar-refractivity contribution in [3.63, 3.8) is 0 Å². The van der Waals surface area contributed by atoms with E-state index >= 15 is 0 Å². The summed E-state index contributed by atoms with van der Waals surface area (Å²) < 4.78 is 43.1. The molecule has 0 aliphatic heterocycles. The van der Waals surface area contributed by atoms with Crippen molar-refractivity contribution in [1.29, 1.82) is 0 Å². The molecule has 0 aliphatic rings. The highest BCUT2D eigenvalue weighted by molar-refractivity contribution is 5.85. The molecule has 0 spiro atoms. The standard InChI is InChI=1S/C33H56N2O11/c1-33(2,3)46-31(37)13-9-5-8-12-29(32(38)45-26-28-10-6-4-7-11-28)35-30(36)27-44-25-24-43-23-22-42-21-20-41-19-18-40-17-16-39-15-14-34/h4,6-7,10-11,29H,5,8-9,12-27,34H2,1-3H3,(H,35,36)/t29-/m0/s1. The largest absolute Gasteiger partial charge is 0.460 e. The third kappa shape index (κ3) is 25.5. The molecule has 1 aromatic rings. The van der Waals surface area contributed by atoms with E-state index in [0.717, 1.165) is 5.56 Å². The monoisotopic (exact) mass is 656 g/mol. The Morgan fingerprint density at radius 3 is 1.76 bits per heavy atom. The number of carbonyl (C=O) groups excluding carboxylic acids is 3. The van der Waals surface area contributed by atoms with E-state index < -0.39 is 23.5 Å². The fourth-order valence-electron chi connectivity index (χ4n) is 3.85. The minimum absolute atomic E-state index is 0.108. The van der Waals surface area contributed by atoms with Gasteiger partial charge in [0.05, 0.1) is 72.7 Å². The van der Waals surface area contributed by atoms with Crippen LogP contribution in [-0.4, -0.2) is 115 Å². The van der Waals surface area contributed by atoms with E-state index in [4.69, 9.17) is 43.6 Å². The molecule has 1 amide bonds. The van der Waals surface area contributed by atoms with E-state index in [1.165, 1.54) is 0 Å². The van der Waals surface area contributed by atoms with Crippen LogP contribution in [0.1, 0.15) is 58.4 Å². The maximum Gasteiger partial charge on any atom is 0.328 e. The fraction of sp³-hybridized carbons (Fsp3) is 0.727. The molecule has 0 saturated heterocycles. The molecule has 0 aliphatic carbocycles. The van der Waals surface area contributed by atoms with Gasteiger partial charge in [-0.05, 0) is 39.2 Å². The van der Waals surface area contributed by atoms with Crippen molar-refractivity contribution in [2.45, 2.75) is 71.1 Å². The van der Waals surface area contributed by atoms with Gasteiger partial charge in [0.2, 0.25) is 5.91 Å². The summed E-state index contributed by atoms with van der Waals surface area (Å²) in [4.78, 5) is 37.3. The Labute approximate surface area is 274 Å². The molecule has 13 heteroatoms. The average Bonchev–Trinajstić information content (AvgIpc) is 3.02. The molecule has 0 fully saturated rings. The molecule has 1 rings (SSSR count). The second-order valence-corrected chi connectivity index (χ2v) is 11.3. The molecule has 0 radical (unpaired) electrons. The third-order valence-corrected chi connectivity index (χ3v) is 5.99. The van der Waals surface area contributed by atoms with E-state index in [1.807, 2.05) is 51.1 Å². The van der Waals surface area contributed by atoms with Gasteiger partial charge in [-0.2, -0.15) is 0 Å². The Bertz CT molecular complexity index is 913. The summed E-state index contributed by atoms with van der Waals surface area (Å²) in [6.07, 6.45) is 2.62. The zero-order chi connectivity index (χ0) is 33.7. The van der Waals surface area contributed by atoms with Crippen LogP contribution in [0.15, 0.2) is 30.3 Å². The molecule has 46 heavy (non-hydrogen) atoms. The number of benzene rings is 1. The summed E-state index contributed by atoms with van der Waals surface area (Å²) in [6.45, 7) is 10.6. The third-order valence-electron chi connectivity index (χ3n) is 5.99. The molecule has 3 N–H and O–H groups in total. The van der Waals surface area contributed by atoms with Gasteiger partial charge in [-0.1, -0.05) is 43.2 Å².